The topological polar surface area (TPSA) is 478 Å². The first-order chi connectivity index (χ1) is 40.7. The summed E-state index contributed by atoms with van der Waals surface area (Å²) in [6.07, 6.45) is -14.2. The van der Waals surface area contributed by atoms with Gasteiger partial charge in [0.25, 0.3) is 5.91 Å². The normalized spacial score (nSPS) is 28.6. The van der Waals surface area contributed by atoms with E-state index >= 15 is 0 Å². The van der Waals surface area contributed by atoms with Gasteiger partial charge in [0, 0.05) is 106 Å². The molecule has 0 bridgehead atoms. The molecule has 3 saturated heterocycles. The van der Waals surface area contributed by atoms with Crippen LogP contribution in [0.5, 0.6) is 0 Å². The Balaban J connectivity index is 1.59. The van der Waals surface area contributed by atoms with Crippen LogP contribution in [0.3, 0.4) is 0 Å². The van der Waals surface area contributed by atoms with Crippen LogP contribution in [0.15, 0.2) is 0 Å². The summed E-state index contributed by atoms with van der Waals surface area (Å²) in [5.74, 6) is -3.09. The molecule has 3 aliphatic rings. The van der Waals surface area contributed by atoms with E-state index < -0.39 is 156 Å². The average molecular weight is 1260 g/mol. The molecule has 3 heterocycles. The first-order valence-corrected chi connectivity index (χ1v) is 31.3. The number of amides is 6. The van der Waals surface area contributed by atoms with Gasteiger partial charge in [-0.05, 0) is 64.2 Å². The molecule has 8 unspecified atom stereocenters. The molecular weight excluding hydrogens is 1170 g/mol. The van der Waals surface area contributed by atoms with Gasteiger partial charge in [0.15, 0.2) is 25.0 Å². The van der Waals surface area contributed by atoms with Gasteiger partial charge in [-0.3, -0.25) is 38.1 Å². The minimum atomic E-state index is -4.09. The van der Waals surface area contributed by atoms with E-state index in [-0.39, 0.29) is 115 Å². The van der Waals surface area contributed by atoms with Gasteiger partial charge in [-0.25, -0.2) is 0 Å². The fourth-order valence-electron chi connectivity index (χ4n) is 9.76. The Morgan fingerprint density at radius 2 is 0.884 bits per heavy atom. The number of aliphatic hydroxyl groups is 10. The maximum Gasteiger partial charge on any atom is 0.325 e. The number of unbranched alkanes of at least 4 members (excludes halogenated alkanes) is 4. The molecule has 33 heteroatoms. The van der Waals surface area contributed by atoms with Crippen molar-refractivity contribution in [1.29, 1.82) is 0 Å². The second-order valence-corrected chi connectivity index (χ2v) is 23.5. The minimum Gasteiger partial charge on any atom is -0.394 e. The van der Waals surface area contributed by atoms with Crippen molar-refractivity contribution < 1.29 is 127 Å². The summed E-state index contributed by atoms with van der Waals surface area (Å²) in [7, 11) is -4.09. The Kier molecular flexibility index (Phi) is 35.4. The molecule has 498 valence electrons. The lowest BCUT2D eigenvalue weighted by Gasteiger charge is -2.42. The van der Waals surface area contributed by atoms with E-state index in [0.717, 1.165) is 6.66 Å². The Hall–Kier alpha value is -4.00. The summed E-state index contributed by atoms with van der Waals surface area (Å²) >= 11 is 0. The third-order valence-electron chi connectivity index (χ3n) is 14.4. The number of rotatable bonds is 41. The lowest BCUT2D eigenvalue weighted by Crippen LogP contribution is -2.64. The number of Topliss-reactive ketones (excluding diaryl/α,β-unsaturated/α-hetero) is 1. The lowest BCUT2D eigenvalue weighted by molar-refractivity contribution is -0.270. The number of nitrogens with one attached hydrogen (secondary N) is 4. The lowest BCUT2D eigenvalue weighted by atomic mass is 9.97. The summed E-state index contributed by atoms with van der Waals surface area (Å²) in [5.41, 5.74) is 0. The number of hydrogen-bond donors (Lipinski definition) is 15. The van der Waals surface area contributed by atoms with Crippen LogP contribution >= 0.6 is 7.60 Å². The van der Waals surface area contributed by atoms with Crippen LogP contribution in [-0.2, 0) is 71.1 Å². The number of hydrogen-bond acceptors (Lipinski definition) is 25. The van der Waals surface area contributed by atoms with Crippen LogP contribution < -0.4 is 21.3 Å². The maximum atomic E-state index is 13.9. The molecule has 0 aromatic rings. The third kappa shape index (κ3) is 27.0. The van der Waals surface area contributed by atoms with Crippen molar-refractivity contribution in [2.45, 2.75) is 209 Å². The molecule has 0 saturated carbocycles. The predicted molar refractivity (Wildman–Crippen MR) is 297 cm³/mol. The Labute approximate surface area is 500 Å². The zero-order valence-electron chi connectivity index (χ0n) is 49.5. The predicted octanol–water partition coefficient (Wildman–Crippen LogP) is -5.14. The number of aliphatic hydroxyl groups excluding tert-OH is 10. The molecule has 3 aliphatic heterocycles. The molecule has 15 N–H and O–H groups in total. The van der Waals surface area contributed by atoms with Crippen molar-refractivity contribution in [2.24, 2.45) is 0 Å². The standard InChI is InChI=1S/C53H95N6O26P/c1-31(63)55-41-47(73)44(70)36(27-60)83-51(41)79-24-10-6-16-34(66)15-5-9-20-58(40(69)18-8-12-26-81-53-43(57-33(3)65)49(75)46(72)38(29-62)85-53)22-14-23-59(50(76)35(67)30-82-86(4,77)78)21-13-19-54-39(68)17-7-11-25-80-52-42(56-32(2)64)48(74)45(71)37(28-61)84-52/h35-38,41-49,51-53,60-62,67,70-75H,5-30H2,1-4H3,(H,54,68)(H,55,63)(H,56,64)(H,57,65)(H,77,78)/t35?,36?,37?,38?,41?,42?,43?,44-,45-,46-,47+,48+,49+,51+,52+,53+/m0/s1. The van der Waals surface area contributed by atoms with Gasteiger partial charge >= 0.3 is 7.60 Å². The molecule has 6 amide bonds. The molecule has 0 aliphatic carbocycles. The van der Waals surface area contributed by atoms with Crippen molar-refractivity contribution in [3.05, 3.63) is 0 Å². The first kappa shape index (κ1) is 76.2. The van der Waals surface area contributed by atoms with Crippen LogP contribution in [0.1, 0.15) is 111 Å². The highest BCUT2D eigenvalue weighted by Gasteiger charge is 2.48. The van der Waals surface area contributed by atoms with E-state index in [4.69, 9.17) is 32.9 Å². The quantitative estimate of drug-likeness (QED) is 0.0201. The van der Waals surface area contributed by atoms with E-state index in [0.29, 0.717) is 44.9 Å². The number of carbonyl (C=O) groups excluding carboxylic acids is 7. The van der Waals surface area contributed by atoms with Crippen molar-refractivity contribution >= 4 is 48.8 Å². The molecule has 32 nitrogen and oxygen atoms in total. The van der Waals surface area contributed by atoms with E-state index in [1.54, 1.807) is 4.90 Å². The number of nitrogens with zero attached hydrogens (tertiary/aromatic N) is 2. The smallest absolute Gasteiger partial charge is 0.325 e. The van der Waals surface area contributed by atoms with Crippen molar-refractivity contribution in [3.8, 4) is 0 Å². The highest BCUT2D eigenvalue weighted by Crippen LogP contribution is 2.36. The van der Waals surface area contributed by atoms with Crippen molar-refractivity contribution in [1.82, 2.24) is 31.1 Å². The van der Waals surface area contributed by atoms with Crippen molar-refractivity contribution in [3.63, 3.8) is 0 Å². The second-order valence-electron chi connectivity index (χ2n) is 21.7. The monoisotopic (exact) mass is 1260 g/mol. The van der Waals surface area contributed by atoms with Crippen LogP contribution in [0.25, 0.3) is 0 Å². The largest absolute Gasteiger partial charge is 0.394 e. The maximum absolute atomic E-state index is 13.9. The number of carbonyl (C=O) groups is 7. The number of ether oxygens (including phenoxy) is 6. The van der Waals surface area contributed by atoms with Gasteiger partial charge in [0.05, 0.1) is 26.4 Å². The molecule has 0 radical (unpaired) electrons. The van der Waals surface area contributed by atoms with Gasteiger partial charge in [0.2, 0.25) is 29.5 Å². The first-order valence-electron chi connectivity index (χ1n) is 29.2. The summed E-state index contributed by atoms with van der Waals surface area (Å²) in [4.78, 5) is 101. The molecular formula is C53H95N6O26P. The summed E-state index contributed by atoms with van der Waals surface area (Å²) in [6, 6.07) is -3.40. The van der Waals surface area contributed by atoms with Gasteiger partial charge in [-0.1, -0.05) is 0 Å². The van der Waals surface area contributed by atoms with Crippen LogP contribution in [0, 0.1) is 0 Å². The third-order valence-corrected chi connectivity index (χ3v) is 15.0. The Bertz CT molecular complexity index is 2120. The Morgan fingerprint density at radius 3 is 1.29 bits per heavy atom. The fourth-order valence-corrected chi connectivity index (χ4v) is 10.2. The molecule has 0 spiro atoms. The van der Waals surface area contributed by atoms with Gasteiger partial charge in [0.1, 0.15) is 78.8 Å². The van der Waals surface area contributed by atoms with Gasteiger partial charge in [-0.15, -0.1) is 0 Å². The second kappa shape index (κ2) is 39.9. The van der Waals surface area contributed by atoms with Crippen LogP contribution in [0.4, 0.5) is 0 Å². The zero-order chi connectivity index (χ0) is 64.1. The minimum absolute atomic E-state index is 0.00667. The molecule has 0 aromatic heterocycles. The molecule has 0 aromatic carbocycles. The van der Waals surface area contributed by atoms with E-state index in [1.807, 2.05) is 0 Å². The van der Waals surface area contributed by atoms with Gasteiger partial charge < -0.3 is 120 Å². The average Bonchev–Trinajstić information content (AvgIpc) is 2.57. The summed E-state index contributed by atoms with van der Waals surface area (Å²) in [6.45, 7) is 2.30. The van der Waals surface area contributed by atoms with Gasteiger partial charge in [-0.2, -0.15) is 0 Å². The van der Waals surface area contributed by atoms with E-state index in [1.165, 1.54) is 25.7 Å². The molecule has 3 rings (SSSR count). The van der Waals surface area contributed by atoms with Crippen LogP contribution in [0.2, 0.25) is 0 Å². The summed E-state index contributed by atoms with van der Waals surface area (Å²) in [5, 5.41) is 112. The zero-order valence-corrected chi connectivity index (χ0v) is 50.4. The fraction of sp³-hybridized carbons (Fsp3) is 0.868. The number of ketones is 1. The molecule has 17 atom stereocenters. The molecule has 86 heavy (non-hydrogen) atoms. The molecule has 3 fully saturated rings. The van der Waals surface area contributed by atoms with E-state index in [2.05, 4.69) is 21.3 Å². The van der Waals surface area contributed by atoms with Crippen LogP contribution in [-0.4, -0.2) is 291 Å². The highest BCUT2D eigenvalue weighted by molar-refractivity contribution is 7.51. The van der Waals surface area contributed by atoms with Crippen molar-refractivity contribution in [2.75, 3.05) is 85.6 Å². The van der Waals surface area contributed by atoms with E-state index in [9.17, 15) is 94.1 Å². The summed E-state index contributed by atoms with van der Waals surface area (Å²) < 4.78 is 50.6. The Morgan fingerprint density at radius 1 is 0.512 bits per heavy atom. The highest BCUT2D eigenvalue weighted by atomic mass is 31.2. The SMILES string of the molecule is CC(=O)NC1[C@H](OCCCCC(=O)CCCCN(CCCN(CCCNC(=O)CCCCO[C@@H]2OC(CO)[C@H](O)[C@H](O)C2NC(C)=O)C(=O)C(O)COP(C)(=O)O)C(=O)CCCCO[C@@H]2OC(CO)[C@H](O)[C@H](O)C2NC(C)=O)OC(CO)[C@H](O)[C@@H]1O.